The first-order valence-corrected chi connectivity index (χ1v) is 9.21. The summed E-state index contributed by atoms with van der Waals surface area (Å²) in [7, 11) is 0. The summed E-state index contributed by atoms with van der Waals surface area (Å²) in [6.45, 7) is 4.05. The Labute approximate surface area is 151 Å². The molecule has 3 amide bonds. The van der Waals surface area contributed by atoms with Crippen LogP contribution in [0.1, 0.15) is 4.88 Å². The molecule has 1 aromatic carbocycles. The summed E-state index contributed by atoms with van der Waals surface area (Å²) in [5, 5.41) is 7.04. The summed E-state index contributed by atoms with van der Waals surface area (Å²) >= 11 is 1.57. The Morgan fingerprint density at radius 2 is 1.76 bits per heavy atom. The van der Waals surface area contributed by atoms with Crippen LogP contribution in [0, 0.1) is 0 Å². The van der Waals surface area contributed by atoms with Crippen LogP contribution >= 0.6 is 11.3 Å². The highest BCUT2D eigenvalue weighted by Crippen LogP contribution is 2.15. The molecular weight excluding hydrogens is 336 g/mol. The Bertz CT molecular complexity index is 682. The van der Waals surface area contributed by atoms with Gasteiger partial charge in [0.05, 0.1) is 13.1 Å². The third-order valence-electron chi connectivity index (χ3n) is 4.12. The zero-order chi connectivity index (χ0) is 17.5. The van der Waals surface area contributed by atoms with Crippen LogP contribution in [-0.4, -0.2) is 49.6 Å². The number of rotatable bonds is 5. The molecule has 6 nitrogen and oxygen atoms in total. The number of urea groups is 1. The minimum atomic E-state index is -0.443. The summed E-state index contributed by atoms with van der Waals surface area (Å²) in [5.41, 5.74) is 1.21. The van der Waals surface area contributed by atoms with E-state index in [1.165, 1.54) is 5.69 Å². The first-order chi connectivity index (χ1) is 12.2. The number of hydrogen-bond acceptors (Lipinski definition) is 5. The van der Waals surface area contributed by atoms with E-state index in [0.717, 1.165) is 31.1 Å². The predicted molar refractivity (Wildman–Crippen MR) is 99.8 cm³/mol. The maximum atomic E-state index is 12.0. The third-order valence-corrected chi connectivity index (χ3v) is 4.99. The molecule has 2 N–H and O–H groups in total. The van der Waals surface area contributed by atoms with Gasteiger partial charge in [-0.3, -0.25) is 15.0 Å². The molecule has 0 atom stereocenters. The Balaban J connectivity index is 1.36. The Morgan fingerprint density at radius 3 is 2.44 bits per heavy atom. The molecule has 0 unspecified atom stereocenters. The molecule has 1 saturated heterocycles. The number of hydrogen-bond donors (Lipinski definition) is 2. The average molecular weight is 358 g/mol. The van der Waals surface area contributed by atoms with Crippen molar-refractivity contribution in [3.05, 3.63) is 52.7 Å². The lowest BCUT2D eigenvalue weighted by atomic mass is 10.2. The molecule has 0 aliphatic carbocycles. The number of para-hydroxylation sites is 1. The first kappa shape index (κ1) is 17.4. The Morgan fingerprint density at radius 1 is 1.00 bits per heavy atom. The van der Waals surface area contributed by atoms with Gasteiger partial charge in [0.15, 0.2) is 0 Å². The first-order valence-electron chi connectivity index (χ1n) is 8.33. The monoisotopic (exact) mass is 358 g/mol. The molecule has 2 aromatic rings. The standard InChI is InChI=1S/C18H22N4O2S/c23-17(20-18(24)19-13-16-7-4-12-25-16)14-21-8-10-22(11-9-21)15-5-2-1-3-6-15/h1-7,12H,8-11,13-14H2,(H2,19,20,23,24). The zero-order valence-electron chi connectivity index (χ0n) is 14.0. The molecule has 1 aliphatic heterocycles. The minimum Gasteiger partial charge on any atom is -0.369 e. The Hall–Kier alpha value is -2.38. The van der Waals surface area contributed by atoms with Crippen molar-refractivity contribution < 1.29 is 9.59 Å². The highest BCUT2D eigenvalue weighted by molar-refractivity contribution is 7.09. The lowest BCUT2D eigenvalue weighted by molar-refractivity contribution is -0.121. The molecular formula is C18H22N4O2S. The third kappa shape index (κ3) is 5.30. The van der Waals surface area contributed by atoms with Crippen molar-refractivity contribution >= 4 is 29.0 Å². The fourth-order valence-corrected chi connectivity index (χ4v) is 3.44. The van der Waals surface area contributed by atoms with Crippen molar-refractivity contribution in [3.63, 3.8) is 0 Å². The van der Waals surface area contributed by atoms with E-state index in [4.69, 9.17) is 0 Å². The van der Waals surface area contributed by atoms with Crippen LogP contribution in [0.15, 0.2) is 47.8 Å². The average Bonchev–Trinajstić information content (AvgIpc) is 3.15. The van der Waals surface area contributed by atoms with Gasteiger partial charge in [-0.25, -0.2) is 4.79 Å². The second kappa shape index (κ2) is 8.64. The van der Waals surface area contributed by atoms with Gasteiger partial charge in [0, 0.05) is 36.7 Å². The molecule has 132 valence electrons. The van der Waals surface area contributed by atoms with Crippen molar-refractivity contribution in [3.8, 4) is 0 Å². The van der Waals surface area contributed by atoms with Crippen LogP contribution < -0.4 is 15.5 Å². The van der Waals surface area contributed by atoms with Crippen LogP contribution in [0.25, 0.3) is 0 Å². The molecule has 0 radical (unpaired) electrons. The van der Waals surface area contributed by atoms with Crippen LogP contribution in [0.5, 0.6) is 0 Å². The van der Waals surface area contributed by atoms with E-state index in [-0.39, 0.29) is 12.5 Å². The number of piperazine rings is 1. The van der Waals surface area contributed by atoms with E-state index in [2.05, 4.69) is 32.6 Å². The fourth-order valence-electron chi connectivity index (χ4n) is 2.80. The van der Waals surface area contributed by atoms with Crippen LogP contribution in [0.4, 0.5) is 10.5 Å². The molecule has 1 aromatic heterocycles. The number of thiophene rings is 1. The lowest BCUT2D eigenvalue weighted by Gasteiger charge is -2.35. The molecule has 1 fully saturated rings. The number of carbonyl (C=O) groups is 2. The van der Waals surface area contributed by atoms with E-state index in [1.54, 1.807) is 11.3 Å². The molecule has 7 heteroatoms. The van der Waals surface area contributed by atoms with Gasteiger partial charge in [-0.15, -0.1) is 11.3 Å². The van der Waals surface area contributed by atoms with Gasteiger partial charge in [-0.1, -0.05) is 24.3 Å². The largest absolute Gasteiger partial charge is 0.369 e. The molecule has 0 spiro atoms. The summed E-state index contributed by atoms with van der Waals surface area (Å²) in [6, 6.07) is 13.7. The second-order valence-electron chi connectivity index (χ2n) is 5.91. The molecule has 0 saturated carbocycles. The van der Waals surface area contributed by atoms with E-state index in [1.807, 2.05) is 35.7 Å². The number of nitrogens with one attached hydrogen (secondary N) is 2. The molecule has 0 bridgehead atoms. The summed E-state index contributed by atoms with van der Waals surface area (Å²) in [5.74, 6) is -0.267. The van der Waals surface area contributed by atoms with Gasteiger partial charge in [0.25, 0.3) is 0 Å². The van der Waals surface area contributed by atoms with Crippen molar-refractivity contribution in [1.29, 1.82) is 0 Å². The molecule has 3 rings (SSSR count). The number of anilines is 1. The smallest absolute Gasteiger partial charge is 0.321 e. The maximum absolute atomic E-state index is 12.0. The van der Waals surface area contributed by atoms with Gasteiger partial charge >= 0.3 is 6.03 Å². The van der Waals surface area contributed by atoms with Crippen molar-refractivity contribution in [1.82, 2.24) is 15.5 Å². The fraction of sp³-hybridized carbons (Fsp3) is 0.333. The van der Waals surface area contributed by atoms with Gasteiger partial charge in [-0.05, 0) is 23.6 Å². The number of carbonyl (C=O) groups excluding carboxylic acids is 2. The highest BCUT2D eigenvalue weighted by atomic mass is 32.1. The van der Waals surface area contributed by atoms with Gasteiger partial charge < -0.3 is 10.2 Å². The minimum absolute atomic E-state index is 0.245. The molecule has 2 heterocycles. The predicted octanol–water partition coefficient (Wildman–Crippen LogP) is 1.90. The molecule has 1 aliphatic rings. The number of benzene rings is 1. The van der Waals surface area contributed by atoms with Crippen molar-refractivity contribution in [2.75, 3.05) is 37.6 Å². The number of imide groups is 1. The summed E-state index contributed by atoms with van der Waals surface area (Å²) in [4.78, 5) is 29.2. The SMILES string of the molecule is O=C(CN1CCN(c2ccccc2)CC1)NC(=O)NCc1cccs1. The second-order valence-corrected chi connectivity index (χ2v) is 6.94. The van der Waals surface area contributed by atoms with E-state index >= 15 is 0 Å². The maximum Gasteiger partial charge on any atom is 0.321 e. The summed E-state index contributed by atoms with van der Waals surface area (Å²) in [6.07, 6.45) is 0. The quantitative estimate of drug-likeness (QED) is 0.857. The number of amides is 3. The van der Waals surface area contributed by atoms with Crippen LogP contribution in [0.3, 0.4) is 0 Å². The number of nitrogens with zero attached hydrogens (tertiary/aromatic N) is 2. The zero-order valence-corrected chi connectivity index (χ0v) is 14.8. The Kier molecular flexibility index (Phi) is 6.03. The van der Waals surface area contributed by atoms with E-state index in [9.17, 15) is 9.59 Å². The van der Waals surface area contributed by atoms with E-state index < -0.39 is 6.03 Å². The van der Waals surface area contributed by atoms with Gasteiger partial charge in [-0.2, -0.15) is 0 Å². The van der Waals surface area contributed by atoms with Crippen molar-refractivity contribution in [2.24, 2.45) is 0 Å². The van der Waals surface area contributed by atoms with Crippen molar-refractivity contribution in [2.45, 2.75) is 6.54 Å². The van der Waals surface area contributed by atoms with Crippen LogP contribution in [-0.2, 0) is 11.3 Å². The summed E-state index contributed by atoms with van der Waals surface area (Å²) < 4.78 is 0. The van der Waals surface area contributed by atoms with Gasteiger partial charge in [0.2, 0.25) is 5.91 Å². The van der Waals surface area contributed by atoms with Gasteiger partial charge in [0.1, 0.15) is 0 Å². The topological polar surface area (TPSA) is 64.7 Å². The van der Waals surface area contributed by atoms with Crippen LogP contribution in [0.2, 0.25) is 0 Å². The molecule has 25 heavy (non-hydrogen) atoms. The highest BCUT2D eigenvalue weighted by Gasteiger charge is 2.19. The van der Waals surface area contributed by atoms with E-state index in [0.29, 0.717) is 6.54 Å². The lowest BCUT2D eigenvalue weighted by Crippen LogP contribution is -2.51. The normalized spacial score (nSPS) is 15.0.